The van der Waals surface area contributed by atoms with E-state index in [0.29, 0.717) is 16.7 Å². The highest BCUT2D eigenvalue weighted by Crippen LogP contribution is 2.29. The van der Waals surface area contributed by atoms with Crippen LogP contribution < -0.4 is 11.1 Å². The lowest BCUT2D eigenvalue weighted by Gasteiger charge is -2.09. The Hall–Kier alpha value is -2.40. The Morgan fingerprint density at radius 1 is 1.05 bits per heavy atom. The highest BCUT2D eigenvalue weighted by atomic mass is 35.5. The Kier molecular flexibility index (Phi) is 2.89. The smallest absolute Gasteiger partial charge is 0.149 e. The predicted octanol–water partition coefficient (Wildman–Crippen LogP) is 3.00. The van der Waals surface area contributed by atoms with Gasteiger partial charge in [0.1, 0.15) is 11.6 Å². The fourth-order valence-electron chi connectivity index (χ4n) is 1.78. The molecule has 0 spiro atoms. The molecule has 19 heavy (non-hydrogen) atoms. The molecule has 0 atom stereocenters. The number of nitrogen functional groups attached to an aromatic ring is 1. The molecule has 0 unspecified atom stereocenters. The lowest BCUT2D eigenvalue weighted by Crippen LogP contribution is -1.98. The molecule has 0 saturated carbocycles. The number of fused-ring (bicyclic) bond motifs is 1. The van der Waals surface area contributed by atoms with E-state index in [9.17, 15) is 0 Å². The summed E-state index contributed by atoms with van der Waals surface area (Å²) in [7, 11) is 0. The Bertz CT molecular complexity index is 727. The van der Waals surface area contributed by atoms with E-state index < -0.39 is 0 Å². The van der Waals surface area contributed by atoms with Gasteiger partial charge in [-0.05, 0) is 24.3 Å². The predicted molar refractivity (Wildman–Crippen MR) is 76.5 cm³/mol. The van der Waals surface area contributed by atoms with Gasteiger partial charge in [0.15, 0.2) is 0 Å². The zero-order valence-electron chi connectivity index (χ0n) is 9.84. The van der Waals surface area contributed by atoms with Crippen LogP contribution in [0.15, 0.2) is 42.9 Å². The molecule has 5 nitrogen and oxygen atoms in total. The Morgan fingerprint density at radius 2 is 1.95 bits per heavy atom. The van der Waals surface area contributed by atoms with Gasteiger partial charge in [0.2, 0.25) is 0 Å². The maximum absolute atomic E-state index is 6.14. The topological polar surface area (TPSA) is 76.7 Å². The van der Waals surface area contributed by atoms with Crippen molar-refractivity contribution < 1.29 is 0 Å². The Balaban J connectivity index is 2.06. The first kappa shape index (κ1) is 11.7. The number of rotatable bonds is 2. The maximum Gasteiger partial charge on any atom is 0.149 e. The molecular weight excluding hydrogens is 262 g/mol. The molecule has 0 saturated heterocycles. The third-order valence-corrected chi connectivity index (χ3v) is 2.98. The minimum Gasteiger partial charge on any atom is -0.382 e. The molecule has 2 heterocycles. The zero-order chi connectivity index (χ0) is 13.2. The fourth-order valence-corrected chi connectivity index (χ4v) is 1.99. The van der Waals surface area contributed by atoms with Crippen LogP contribution in [0.2, 0.25) is 5.02 Å². The molecule has 0 bridgehead atoms. The van der Waals surface area contributed by atoms with E-state index in [0.717, 1.165) is 16.6 Å². The maximum atomic E-state index is 6.14. The van der Waals surface area contributed by atoms with E-state index in [1.807, 2.05) is 24.3 Å². The second kappa shape index (κ2) is 4.70. The van der Waals surface area contributed by atoms with Crippen molar-refractivity contribution in [3.63, 3.8) is 0 Å². The molecule has 94 valence electrons. The molecule has 0 aliphatic carbocycles. The van der Waals surface area contributed by atoms with Gasteiger partial charge in [-0.1, -0.05) is 11.6 Å². The average Bonchev–Trinajstić information content (AvgIpc) is 2.45. The molecule has 0 radical (unpaired) electrons. The zero-order valence-corrected chi connectivity index (χ0v) is 10.6. The average molecular weight is 272 g/mol. The number of aromatic nitrogens is 3. The van der Waals surface area contributed by atoms with Gasteiger partial charge in [0.05, 0.1) is 28.6 Å². The number of hydrogen-bond acceptors (Lipinski definition) is 5. The number of pyridine rings is 1. The summed E-state index contributed by atoms with van der Waals surface area (Å²) < 4.78 is 0. The summed E-state index contributed by atoms with van der Waals surface area (Å²) in [5.74, 6) is 0.980. The van der Waals surface area contributed by atoms with Gasteiger partial charge in [0, 0.05) is 11.6 Å². The molecule has 3 N–H and O–H groups in total. The quantitative estimate of drug-likeness (QED) is 0.749. The van der Waals surface area contributed by atoms with Crippen molar-refractivity contribution in [2.75, 3.05) is 11.1 Å². The van der Waals surface area contributed by atoms with Crippen LogP contribution in [0.25, 0.3) is 10.9 Å². The van der Waals surface area contributed by atoms with Crippen LogP contribution in [0, 0.1) is 0 Å². The van der Waals surface area contributed by atoms with Gasteiger partial charge < -0.3 is 11.1 Å². The summed E-state index contributed by atoms with van der Waals surface area (Å²) in [4.78, 5) is 12.5. The third kappa shape index (κ3) is 2.28. The van der Waals surface area contributed by atoms with Gasteiger partial charge in [-0.3, -0.25) is 4.98 Å². The molecule has 3 rings (SSSR count). The molecule has 0 aliphatic heterocycles. The number of halogens is 1. The van der Waals surface area contributed by atoms with Gasteiger partial charge in [0.25, 0.3) is 0 Å². The van der Waals surface area contributed by atoms with E-state index in [-0.39, 0.29) is 0 Å². The van der Waals surface area contributed by atoms with E-state index in [1.165, 1.54) is 6.20 Å². The van der Waals surface area contributed by atoms with Crippen LogP contribution in [-0.2, 0) is 0 Å². The Labute approximate surface area is 114 Å². The molecule has 0 amide bonds. The number of nitrogens with two attached hydrogens (primary N) is 1. The molecule has 6 heteroatoms. The first-order valence-corrected chi connectivity index (χ1v) is 5.99. The Morgan fingerprint density at radius 3 is 2.74 bits per heavy atom. The summed E-state index contributed by atoms with van der Waals surface area (Å²) >= 11 is 6.14. The molecule has 1 aromatic carbocycles. The van der Waals surface area contributed by atoms with Crippen molar-refractivity contribution >= 4 is 39.8 Å². The van der Waals surface area contributed by atoms with E-state index >= 15 is 0 Å². The van der Waals surface area contributed by atoms with Crippen molar-refractivity contribution in [3.8, 4) is 0 Å². The summed E-state index contributed by atoms with van der Waals surface area (Å²) in [6.45, 7) is 0. The van der Waals surface area contributed by atoms with Crippen LogP contribution in [0.1, 0.15) is 0 Å². The third-order valence-electron chi connectivity index (χ3n) is 2.65. The molecular formula is C13H10ClN5. The van der Waals surface area contributed by atoms with Gasteiger partial charge in [-0.2, -0.15) is 0 Å². The van der Waals surface area contributed by atoms with E-state index in [4.69, 9.17) is 17.3 Å². The van der Waals surface area contributed by atoms with Crippen LogP contribution in [0.5, 0.6) is 0 Å². The molecule has 3 aromatic rings. The van der Waals surface area contributed by atoms with Crippen LogP contribution in [-0.4, -0.2) is 15.0 Å². The van der Waals surface area contributed by atoms with Crippen molar-refractivity contribution in [2.45, 2.75) is 0 Å². The first-order chi connectivity index (χ1) is 9.24. The molecule has 0 aliphatic rings. The van der Waals surface area contributed by atoms with E-state index in [2.05, 4.69) is 20.3 Å². The molecule has 2 aromatic heterocycles. The fraction of sp³-hybridized carbons (Fsp3) is 0. The van der Waals surface area contributed by atoms with Crippen molar-refractivity contribution in [2.24, 2.45) is 0 Å². The lowest BCUT2D eigenvalue weighted by atomic mass is 10.2. The van der Waals surface area contributed by atoms with E-state index in [1.54, 1.807) is 12.4 Å². The van der Waals surface area contributed by atoms with Gasteiger partial charge in [-0.25, -0.2) is 9.97 Å². The number of nitrogens with zero attached hydrogens (tertiary/aromatic N) is 3. The lowest BCUT2D eigenvalue weighted by molar-refractivity contribution is 1.21. The van der Waals surface area contributed by atoms with Gasteiger partial charge >= 0.3 is 0 Å². The number of benzene rings is 1. The standard InChI is InChI=1S/C13H10ClN5/c14-9-3-4-10(13-8(9)2-1-5-16-13)19-12-7-17-11(15)6-18-12/h1-7H,(H2,15,17)(H,18,19). The highest BCUT2D eigenvalue weighted by Gasteiger charge is 2.06. The minimum atomic E-state index is 0.379. The monoisotopic (exact) mass is 271 g/mol. The van der Waals surface area contributed by atoms with Crippen molar-refractivity contribution in [1.82, 2.24) is 15.0 Å². The van der Waals surface area contributed by atoms with Crippen LogP contribution in [0.3, 0.4) is 0 Å². The minimum absolute atomic E-state index is 0.379. The summed E-state index contributed by atoms with van der Waals surface area (Å²) in [6, 6.07) is 7.44. The number of nitrogens with one attached hydrogen (secondary N) is 1. The number of anilines is 3. The van der Waals surface area contributed by atoms with Crippen molar-refractivity contribution in [3.05, 3.63) is 47.9 Å². The SMILES string of the molecule is Nc1cnc(Nc2ccc(Cl)c3cccnc23)cn1. The van der Waals surface area contributed by atoms with Crippen LogP contribution >= 0.6 is 11.6 Å². The van der Waals surface area contributed by atoms with Gasteiger partial charge in [-0.15, -0.1) is 0 Å². The summed E-state index contributed by atoms with van der Waals surface area (Å²) in [5, 5.41) is 4.70. The highest BCUT2D eigenvalue weighted by molar-refractivity contribution is 6.35. The largest absolute Gasteiger partial charge is 0.382 e. The summed E-state index contributed by atoms with van der Waals surface area (Å²) in [5.41, 5.74) is 7.10. The second-order valence-corrected chi connectivity index (χ2v) is 4.35. The second-order valence-electron chi connectivity index (χ2n) is 3.95. The first-order valence-electron chi connectivity index (χ1n) is 5.62. The normalized spacial score (nSPS) is 10.6. The van der Waals surface area contributed by atoms with Crippen LogP contribution in [0.4, 0.5) is 17.3 Å². The summed E-state index contributed by atoms with van der Waals surface area (Å²) in [6.07, 6.45) is 4.78. The number of hydrogen-bond donors (Lipinski definition) is 2. The molecule has 0 fully saturated rings. The van der Waals surface area contributed by atoms with Crippen molar-refractivity contribution in [1.29, 1.82) is 0 Å².